The maximum Gasteiger partial charge on any atom is 0.138 e. The molecule has 0 aliphatic carbocycles. The quantitative estimate of drug-likeness (QED) is 0.905. The van der Waals surface area contributed by atoms with Gasteiger partial charge in [-0.2, -0.15) is 5.10 Å². The van der Waals surface area contributed by atoms with E-state index in [1.54, 1.807) is 36.0 Å². The average Bonchev–Trinajstić information content (AvgIpc) is 2.84. The first-order chi connectivity index (χ1) is 8.66. The molecule has 0 spiro atoms. The summed E-state index contributed by atoms with van der Waals surface area (Å²) in [6, 6.07) is 7.16. The molecule has 0 aliphatic rings. The fraction of sp³-hybridized carbons (Fsp3) is 0.308. The summed E-state index contributed by atoms with van der Waals surface area (Å²) in [5.74, 6) is 0.619. The van der Waals surface area contributed by atoms with Gasteiger partial charge in [0.05, 0.1) is 17.7 Å². The van der Waals surface area contributed by atoms with Crippen molar-refractivity contribution in [3.05, 3.63) is 47.2 Å². The van der Waals surface area contributed by atoms with Crippen molar-refractivity contribution in [2.24, 2.45) is 0 Å². The third kappa shape index (κ3) is 3.24. The van der Waals surface area contributed by atoms with Gasteiger partial charge in [0.1, 0.15) is 12.4 Å². The molecular formula is C13H15ClN2O2. The molecule has 1 heterocycles. The lowest BCUT2D eigenvalue weighted by molar-refractivity contribution is 0.199. The van der Waals surface area contributed by atoms with Crippen LogP contribution in [0, 0.1) is 0 Å². The molecule has 0 bridgehead atoms. The molecular weight excluding hydrogens is 252 g/mol. The third-order valence-electron chi connectivity index (χ3n) is 2.58. The Labute approximate surface area is 111 Å². The molecule has 0 radical (unpaired) electrons. The van der Waals surface area contributed by atoms with E-state index in [0.29, 0.717) is 23.9 Å². The van der Waals surface area contributed by atoms with Gasteiger partial charge in [-0.3, -0.25) is 4.68 Å². The molecule has 96 valence electrons. The minimum Gasteiger partial charge on any atom is -0.490 e. The minimum absolute atomic E-state index is 0.495. The predicted molar refractivity (Wildman–Crippen MR) is 69.8 cm³/mol. The van der Waals surface area contributed by atoms with Gasteiger partial charge in [0, 0.05) is 12.4 Å². The molecule has 1 atom stereocenters. The highest BCUT2D eigenvalue weighted by Crippen LogP contribution is 2.27. The van der Waals surface area contributed by atoms with E-state index in [1.807, 2.05) is 12.3 Å². The van der Waals surface area contributed by atoms with Crippen LogP contribution in [-0.4, -0.2) is 21.5 Å². The Morgan fingerprint density at radius 2 is 2.33 bits per heavy atom. The Balaban J connectivity index is 1.93. The first kappa shape index (κ1) is 12.9. The minimum atomic E-state index is -0.527. The Morgan fingerprint density at radius 1 is 1.50 bits per heavy atom. The van der Waals surface area contributed by atoms with Crippen LogP contribution in [0.2, 0.25) is 5.02 Å². The molecule has 1 aromatic carbocycles. The second-order valence-corrected chi connectivity index (χ2v) is 4.39. The number of benzene rings is 1. The molecule has 0 saturated carbocycles. The summed E-state index contributed by atoms with van der Waals surface area (Å²) in [7, 11) is 0. The summed E-state index contributed by atoms with van der Waals surface area (Å²) in [4.78, 5) is 0. The van der Waals surface area contributed by atoms with Crippen molar-refractivity contribution in [2.75, 3.05) is 6.61 Å². The summed E-state index contributed by atoms with van der Waals surface area (Å²) in [5.41, 5.74) is 0.777. The van der Waals surface area contributed by atoms with Crippen LogP contribution in [0.4, 0.5) is 0 Å². The summed E-state index contributed by atoms with van der Waals surface area (Å²) in [6.07, 6.45) is 3.08. The molecule has 0 unspecified atom stereocenters. The molecule has 2 rings (SSSR count). The lowest BCUT2D eigenvalue weighted by Gasteiger charge is -2.10. The van der Waals surface area contributed by atoms with Crippen LogP contribution in [-0.2, 0) is 6.54 Å². The molecule has 5 heteroatoms. The molecule has 1 N–H and O–H groups in total. The van der Waals surface area contributed by atoms with Crippen molar-refractivity contribution in [1.82, 2.24) is 9.78 Å². The van der Waals surface area contributed by atoms with Crippen LogP contribution >= 0.6 is 11.6 Å². The van der Waals surface area contributed by atoms with E-state index in [9.17, 15) is 5.11 Å². The number of hydrogen-bond acceptors (Lipinski definition) is 3. The maximum atomic E-state index is 9.43. The maximum absolute atomic E-state index is 9.43. The van der Waals surface area contributed by atoms with Gasteiger partial charge in [0.25, 0.3) is 0 Å². The first-order valence-electron chi connectivity index (χ1n) is 5.74. The van der Waals surface area contributed by atoms with E-state index >= 15 is 0 Å². The number of ether oxygens (including phenoxy) is 1. The van der Waals surface area contributed by atoms with Crippen LogP contribution in [0.1, 0.15) is 18.6 Å². The number of rotatable bonds is 5. The van der Waals surface area contributed by atoms with Gasteiger partial charge >= 0.3 is 0 Å². The molecule has 18 heavy (non-hydrogen) atoms. The van der Waals surface area contributed by atoms with Crippen LogP contribution in [0.3, 0.4) is 0 Å². The SMILES string of the molecule is C[C@H](O)c1ccc(OCCn2cccn2)c(Cl)c1. The average molecular weight is 267 g/mol. The molecule has 0 saturated heterocycles. The summed E-state index contributed by atoms with van der Waals surface area (Å²) < 4.78 is 7.36. The lowest BCUT2D eigenvalue weighted by Crippen LogP contribution is -2.08. The Bertz CT molecular complexity index is 498. The monoisotopic (exact) mass is 266 g/mol. The summed E-state index contributed by atoms with van der Waals surface area (Å²) in [5, 5.41) is 14.0. The predicted octanol–water partition coefficient (Wildman–Crippen LogP) is 2.67. The highest BCUT2D eigenvalue weighted by atomic mass is 35.5. The molecule has 4 nitrogen and oxygen atoms in total. The Morgan fingerprint density at radius 3 is 2.94 bits per heavy atom. The summed E-state index contributed by atoms with van der Waals surface area (Å²) in [6.45, 7) is 2.86. The van der Waals surface area contributed by atoms with Crippen LogP contribution < -0.4 is 4.74 Å². The highest BCUT2D eigenvalue weighted by Gasteiger charge is 2.06. The largest absolute Gasteiger partial charge is 0.490 e. The van der Waals surface area contributed by atoms with Gasteiger partial charge in [-0.1, -0.05) is 17.7 Å². The fourth-order valence-corrected chi connectivity index (χ4v) is 1.82. The van der Waals surface area contributed by atoms with Crippen molar-refractivity contribution >= 4 is 11.6 Å². The topological polar surface area (TPSA) is 47.3 Å². The summed E-state index contributed by atoms with van der Waals surface area (Å²) >= 11 is 6.08. The van der Waals surface area contributed by atoms with Crippen molar-refractivity contribution < 1.29 is 9.84 Å². The smallest absolute Gasteiger partial charge is 0.138 e. The van der Waals surface area contributed by atoms with Gasteiger partial charge in [-0.25, -0.2) is 0 Å². The van der Waals surface area contributed by atoms with Crippen molar-refractivity contribution in [2.45, 2.75) is 19.6 Å². The zero-order valence-corrected chi connectivity index (χ0v) is 10.8. The zero-order valence-electron chi connectivity index (χ0n) is 10.1. The molecule has 2 aromatic rings. The first-order valence-corrected chi connectivity index (χ1v) is 6.12. The highest BCUT2D eigenvalue weighted by molar-refractivity contribution is 6.32. The number of hydrogen-bond donors (Lipinski definition) is 1. The van der Waals surface area contributed by atoms with E-state index in [0.717, 1.165) is 5.56 Å². The fourth-order valence-electron chi connectivity index (χ4n) is 1.58. The van der Waals surface area contributed by atoms with E-state index in [1.165, 1.54) is 0 Å². The van der Waals surface area contributed by atoms with Crippen LogP contribution in [0.25, 0.3) is 0 Å². The number of aromatic nitrogens is 2. The Kier molecular flexibility index (Phi) is 4.23. The van der Waals surface area contributed by atoms with Gasteiger partial charge in [-0.05, 0) is 30.7 Å². The standard InChI is InChI=1S/C13H15ClN2O2/c1-10(17)11-3-4-13(12(14)9-11)18-8-7-16-6-2-5-15-16/h2-6,9-10,17H,7-8H2,1H3/t10-/m0/s1. The van der Waals surface area contributed by atoms with Crippen LogP contribution in [0.15, 0.2) is 36.7 Å². The Hall–Kier alpha value is -1.52. The molecule has 0 amide bonds. The number of halogens is 1. The third-order valence-corrected chi connectivity index (χ3v) is 2.87. The lowest BCUT2D eigenvalue weighted by atomic mass is 10.1. The van der Waals surface area contributed by atoms with E-state index in [4.69, 9.17) is 16.3 Å². The van der Waals surface area contributed by atoms with Crippen molar-refractivity contribution in [3.63, 3.8) is 0 Å². The molecule has 1 aromatic heterocycles. The number of nitrogens with zero attached hydrogens (tertiary/aromatic N) is 2. The number of aliphatic hydroxyl groups is 1. The molecule has 0 fully saturated rings. The van der Waals surface area contributed by atoms with Crippen molar-refractivity contribution in [3.8, 4) is 5.75 Å². The second-order valence-electron chi connectivity index (χ2n) is 3.98. The van der Waals surface area contributed by atoms with E-state index < -0.39 is 6.10 Å². The van der Waals surface area contributed by atoms with Crippen molar-refractivity contribution in [1.29, 1.82) is 0 Å². The van der Waals surface area contributed by atoms with E-state index in [-0.39, 0.29) is 0 Å². The van der Waals surface area contributed by atoms with Crippen LogP contribution in [0.5, 0.6) is 5.75 Å². The van der Waals surface area contributed by atoms with Gasteiger partial charge in [-0.15, -0.1) is 0 Å². The van der Waals surface area contributed by atoms with Gasteiger partial charge in [0.15, 0.2) is 0 Å². The van der Waals surface area contributed by atoms with Gasteiger partial charge in [0.2, 0.25) is 0 Å². The number of aliphatic hydroxyl groups excluding tert-OH is 1. The zero-order chi connectivity index (χ0) is 13.0. The normalized spacial score (nSPS) is 12.4. The second kappa shape index (κ2) is 5.89. The molecule has 0 aliphatic heterocycles. The van der Waals surface area contributed by atoms with Gasteiger partial charge < -0.3 is 9.84 Å². The van der Waals surface area contributed by atoms with E-state index in [2.05, 4.69) is 5.10 Å².